The number of benzene rings is 1. The third-order valence-corrected chi connectivity index (χ3v) is 2.46. The topological polar surface area (TPSA) is 9.23 Å². The molecule has 1 rings (SSSR count). The number of allylic oxidation sites excluding steroid dienone is 1. The van der Waals surface area contributed by atoms with Gasteiger partial charge in [0.15, 0.2) is 0 Å². The average Bonchev–Trinajstić information content (AvgIpc) is 2.16. The van der Waals surface area contributed by atoms with Crippen LogP contribution in [-0.4, -0.2) is 13.0 Å². The molecule has 3 heteroatoms. The molecule has 0 spiro atoms. The van der Waals surface area contributed by atoms with E-state index in [-0.39, 0.29) is 0 Å². The Morgan fingerprint density at radius 3 is 2.85 bits per heavy atom. The third kappa shape index (κ3) is 3.05. The summed E-state index contributed by atoms with van der Waals surface area (Å²) in [6.45, 7) is 0. The second kappa shape index (κ2) is 5.30. The van der Waals surface area contributed by atoms with Gasteiger partial charge in [0, 0.05) is 10.4 Å². The van der Waals surface area contributed by atoms with Gasteiger partial charge in [0.25, 0.3) is 0 Å². The molecule has 0 aliphatic rings. The highest BCUT2D eigenvalue weighted by atomic mass is 79.9. The zero-order valence-electron chi connectivity index (χ0n) is 7.26. The quantitative estimate of drug-likeness (QED) is 0.754. The van der Waals surface area contributed by atoms with Crippen LogP contribution in [0.1, 0.15) is 5.56 Å². The average molecular weight is 262 g/mol. The van der Waals surface area contributed by atoms with Crippen LogP contribution in [0.2, 0.25) is 0 Å². The van der Waals surface area contributed by atoms with Gasteiger partial charge in [-0.25, -0.2) is 0 Å². The van der Waals surface area contributed by atoms with Gasteiger partial charge in [-0.05, 0) is 17.7 Å². The summed E-state index contributed by atoms with van der Waals surface area (Å²) in [7, 11) is 1.65. The van der Waals surface area contributed by atoms with Gasteiger partial charge >= 0.3 is 0 Å². The predicted octanol–water partition coefficient (Wildman–Crippen LogP) is 3.71. The highest BCUT2D eigenvalue weighted by Crippen LogP contribution is 2.23. The van der Waals surface area contributed by atoms with Gasteiger partial charge < -0.3 is 4.74 Å². The first-order chi connectivity index (χ1) is 6.27. The molecule has 0 amide bonds. The van der Waals surface area contributed by atoms with Crippen molar-refractivity contribution in [3.63, 3.8) is 0 Å². The highest BCUT2D eigenvalue weighted by molar-refractivity contribution is 9.10. The SMILES string of the molecule is COc1ccc(/C=C/CCl)c(Br)c1. The molecule has 0 N–H and O–H groups in total. The minimum atomic E-state index is 0.526. The molecule has 0 radical (unpaired) electrons. The number of halogens is 2. The summed E-state index contributed by atoms with van der Waals surface area (Å²) in [6.07, 6.45) is 3.87. The first kappa shape index (κ1) is 10.6. The number of rotatable bonds is 3. The van der Waals surface area contributed by atoms with E-state index >= 15 is 0 Å². The van der Waals surface area contributed by atoms with E-state index in [2.05, 4.69) is 15.9 Å². The summed E-state index contributed by atoms with van der Waals surface area (Å²) in [5.41, 5.74) is 1.10. The minimum absolute atomic E-state index is 0.526. The molecule has 0 bridgehead atoms. The van der Waals surface area contributed by atoms with Gasteiger partial charge in [0.1, 0.15) is 5.75 Å². The Kier molecular flexibility index (Phi) is 4.33. The Hall–Kier alpha value is -0.470. The molecule has 1 aromatic carbocycles. The fraction of sp³-hybridized carbons (Fsp3) is 0.200. The van der Waals surface area contributed by atoms with Crippen molar-refractivity contribution in [2.45, 2.75) is 0 Å². The van der Waals surface area contributed by atoms with E-state index in [1.807, 2.05) is 30.4 Å². The summed E-state index contributed by atoms with van der Waals surface area (Å²) < 4.78 is 6.08. The van der Waals surface area contributed by atoms with Crippen molar-refractivity contribution in [1.82, 2.24) is 0 Å². The van der Waals surface area contributed by atoms with Crippen LogP contribution >= 0.6 is 27.5 Å². The number of ether oxygens (including phenoxy) is 1. The van der Waals surface area contributed by atoms with E-state index in [1.165, 1.54) is 0 Å². The lowest BCUT2D eigenvalue weighted by atomic mass is 10.2. The lowest BCUT2D eigenvalue weighted by molar-refractivity contribution is 0.414. The van der Waals surface area contributed by atoms with Crippen molar-refractivity contribution < 1.29 is 4.74 Å². The Morgan fingerprint density at radius 2 is 2.31 bits per heavy atom. The normalized spacial score (nSPS) is 10.7. The molecule has 0 saturated heterocycles. The van der Waals surface area contributed by atoms with E-state index in [0.717, 1.165) is 15.8 Å². The van der Waals surface area contributed by atoms with E-state index < -0.39 is 0 Å². The van der Waals surface area contributed by atoms with Crippen LogP contribution in [0.4, 0.5) is 0 Å². The Balaban J connectivity index is 2.91. The number of methoxy groups -OCH3 is 1. The molecule has 0 saturated carbocycles. The van der Waals surface area contributed by atoms with E-state index in [4.69, 9.17) is 16.3 Å². The lowest BCUT2D eigenvalue weighted by Crippen LogP contribution is -1.83. The first-order valence-electron chi connectivity index (χ1n) is 3.84. The van der Waals surface area contributed by atoms with Crippen LogP contribution in [0.3, 0.4) is 0 Å². The number of hydrogen-bond donors (Lipinski definition) is 0. The van der Waals surface area contributed by atoms with Crippen LogP contribution in [0.5, 0.6) is 5.75 Å². The maximum atomic E-state index is 5.54. The second-order valence-electron chi connectivity index (χ2n) is 2.44. The van der Waals surface area contributed by atoms with Gasteiger partial charge in [0.05, 0.1) is 7.11 Å². The molecule has 0 fully saturated rings. The van der Waals surface area contributed by atoms with Crippen molar-refractivity contribution in [3.05, 3.63) is 34.3 Å². The van der Waals surface area contributed by atoms with Crippen molar-refractivity contribution in [3.8, 4) is 5.75 Å². The zero-order chi connectivity index (χ0) is 9.68. The summed E-state index contributed by atoms with van der Waals surface area (Å²) in [5.74, 6) is 1.37. The second-order valence-corrected chi connectivity index (χ2v) is 3.61. The summed E-state index contributed by atoms with van der Waals surface area (Å²) in [4.78, 5) is 0. The third-order valence-electron chi connectivity index (χ3n) is 1.59. The summed E-state index contributed by atoms with van der Waals surface area (Å²) in [6, 6.07) is 5.82. The van der Waals surface area contributed by atoms with Gasteiger partial charge in [-0.15, -0.1) is 11.6 Å². The fourth-order valence-electron chi connectivity index (χ4n) is 0.942. The fourth-order valence-corrected chi connectivity index (χ4v) is 1.52. The maximum Gasteiger partial charge on any atom is 0.120 e. The highest BCUT2D eigenvalue weighted by Gasteiger charge is 1.97. The molecule has 70 valence electrons. The van der Waals surface area contributed by atoms with Gasteiger partial charge in [-0.1, -0.05) is 34.1 Å². The van der Waals surface area contributed by atoms with Crippen molar-refractivity contribution in [2.75, 3.05) is 13.0 Å². The summed E-state index contributed by atoms with van der Waals surface area (Å²) in [5, 5.41) is 0. The molecule has 1 aromatic rings. The molecule has 0 atom stereocenters. The summed E-state index contributed by atoms with van der Waals surface area (Å²) >= 11 is 8.98. The Bertz CT molecular complexity index is 310. The van der Waals surface area contributed by atoms with E-state index in [0.29, 0.717) is 5.88 Å². The maximum absolute atomic E-state index is 5.54. The molecular formula is C10H10BrClO. The number of hydrogen-bond acceptors (Lipinski definition) is 1. The molecular weight excluding hydrogens is 251 g/mol. The smallest absolute Gasteiger partial charge is 0.120 e. The van der Waals surface area contributed by atoms with Crippen LogP contribution in [-0.2, 0) is 0 Å². The van der Waals surface area contributed by atoms with Crippen molar-refractivity contribution in [2.24, 2.45) is 0 Å². The van der Waals surface area contributed by atoms with Crippen molar-refractivity contribution >= 4 is 33.6 Å². The predicted molar refractivity (Wildman–Crippen MR) is 60.4 cm³/mol. The van der Waals surface area contributed by atoms with Gasteiger partial charge in [-0.3, -0.25) is 0 Å². The Morgan fingerprint density at radius 1 is 1.54 bits per heavy atom. The van der Waals surface area contributed by atoms with Gasteiger partial charge in [0.2, 0.25) is 0 Å². The molecule has 1 nitrogen and oxygen atoms in total. The van der Waals surface area contributed by atoms with Crippen molar-refractivity contribution in [1.29, 1.82) is 0 Å². The first-order valence-corrected chi connectivity index (χ1v) is 5.16. The lowest BCUT2D eigenvalue weighted by Gasteiger charge is -2.02. The van der Waals surface area contributed by atoms with Crippen LogP contribution in [0, 0.1) is 0 Å². The molecule has 0 heterocycles. The molecule has 0 aromatic heterocycles. The van der Waals surface area contributed by atoms with Crippen LogP contribution in [0.15, 0.2) is 28.7 Å². The Labute approximate surface area is 91.5 Å². The van der Waals surface area contributed by atoms with Crippen LogP contribution < -0.4 is 4.74 Å². The zero-order valence-corrected chi connectivity index (χ0v) is 9.60. The molecule has 0 aliphatic carbocycles. The van der Waals surface area contributed by atoms with Crippen LogP contribution in [0.25, 0.3) is 6.08 Å². The number of alkyl halides is 1. The van der Waals surface area contributed by atoms with Gasteiger partial charge in [-0.2, -0.15) is 0 Å². The molecule has 13 heavy (non-hydrogen) atoms. The molecule has 0 unspecified atom stereocenters. The minimum Gasteiger partial charge on any atom is -0.497 e. The monoisotopic (exact) mass is 260 g/mol. The van der Waals surface area contributed by atoms with E-state index in [9.17, 15) is 0 Å². The standard InChI is InChI=1S/C10H10BrClO/c1-13-9-5-4-8(3-2-6-12)10(11)7-9/h2-5,7H,6H2,1H3/b3-2+. The largest absolute Gasteiger partial charge is 0.497 e. The molecule has 0 aliphatic heterocycles. The van der Waals surface area contributed by atoms with E-state index in [1.54, 1.807) is 7.11 Å².